The molecule has 6 heteroatoms. The van der Waals surface area contributed by atoms with Gasteiger partial charge < -0.3 is 10.1 Å². The molecular weight excluding hydrogens is 316 g/mol. The standard InChI is InChI=1S/C19H16N4O2/c1-14(19(24)21-16-7-5-6-15(12-16)13-20)25-18-10-11-23(22-18)17-8-3-2-4-9-17/h2-12,14H,1H3,(H,21,24)/t14-/m0/s1. The molecule has 1 N–H and O–H groups in total. The number of anilines is 1. The van der Waals surface area contributed by atoms with Crippen LogP contribution in [0.3, 0.4) is 0 Å². The third kappa shape index (κ3) is 4.03. The molecule has 1 heterocycles. The second kappa shape index (κ2) is 7.32. The molecule has 0 aliphatic rings. The number of hydrogen-bond donors (Lipinski definition) is 1. The van der Waals surface area contributed by atoms with Crippen LogP contribution >= 0.6 is 0 Å². The molecule has 0 fully saturated rings. The monoisotopic (exact) mass is 332 g/mol. The van der Waals surface area contributed by atoms with E-state index in [0.717, 1.165) is 5.69 Å². The second-order valence-electron chi connectivity index (χ2n) is 5.38. The molecule has 0 aliphatic carbocycles. The molecule has 25 heavy (non-hydrogen) atoms. The second-order valence-corrected chi connectivity index (χ2v) is 5.38. The van der Waals surface area contributed by atoms with Gasteiger partial charge in [0.2, 0.25) is 5.88 Å². The smallest absolute Gasteiger partial charge is 0.265 e. The lowest BCUT2D eigenvalue weighted by Crippen LogP contribution is -2.30. The van der Waals surface area contributed by atoms with Crippen molar-refractivity contribution in [3.63, 3.8) is 0 Å². The first-order valence-corrected chi connectivity index (χ1v) is 7.74. The minimum atomic E-state index is -0.732. The first kappa shape index (κ1) is 16.3. The van der Waals surface area contributed by atoms with Gasteiger partial charge in [-0.15, -0.1) is 5.10 Å². The minimum absolute atomic E-state index is 0.315. The highest BCUT2D eigenvalue weighted by atomic mass is 16.5. The van der Waals surface area contributed by atoms with Gasteiger partial charge in [-0.2, -0.15) is 5.26 Å². The maximum absolute atomic E-state index is 12.2. The molecule has 3 rings (SSSR count). The number of carbonyl (C=O) groups is 1. The summed E-state index contributed by atoms with van der Waals surface area (Å²) in [6.07, 6.45) is 1.04. The molecule has 1 aromatic heterocycles. The van der Waals surface area contributed by atoms with Crippen molar-refractivity contribution in [3.8, 4) is 17.6 Å². The summed E-state index contributed by atoms with van der Waals surface area (Å²) in [4.78, 5) is 12.2. The maximum atomic E-state index is 12.2. The molecule has 0 unspecified atom stereocenters. The van der Waals surface area contributed by atoms with Gasteiger partial charge in [0.15, 0.2) is 6.10 Å². The van der Waals surface area contributed by atoms with Crippen molar-refractivity contribution in [1.29, 1.82) is 5.26 Å². The van der Waals surface area contributed by atoms with Gasteiger partial charge in [-0.05, 0) is 37.3 Å². The lowest BCUT2D eigenvalue weighted by Gasteiger charge is -2.13. The van der Waals surface area contributed by atoms with Crippen molar-refractivity contribution >= 4 is 11.6 Å². The molecule has 1 amide bonds. The van der Waals surface area contributed by atoms with E-state index in [1.807, 2.05) is 36.4 Å². The molecule has 2 aromatic carbocycles. The van der Waals surface area contributed by atoms with Crippen LogP contribution in [0.4, 0.5) is 5.69 Å². The van der Waals surface area contributed by atoms with Gasteiger partial charge in [-0.3, -0.25) is 4.79 Å². The molecule has 0 aliphatic heterocycles. The quantitative estimate of drug-likeness (QED) is 0.778. The van der Waals surface area contributed by atoms with Crippen LogP contribution in [0.1, 0.15) is 12.5 Å². The van der Waals surface area contributed by atoms with E-state index in [1.165, 1.54) is 0 Å². The molecule has 0 radical (unpaired) electrons. The first-order chi connectivity index (χ1) is 12.2. The zero-order chi connectivity index (χ0) is 17.6. The predicted molar refractivity (Wildman–Crippen MR) is 93.4 cm³/mol. The summed E-state index contributed by atoms with van der Waals surface area (Å²) in [6, 6.07) is 20.1. The number of hydrogen-bond acceptors (Lipinski definition) is 4. The van der Waals surface area contributed by atoms with E-state index in [-0.39, 0.29) is 5.91 Å². The number of para-hydroxylation sites is 1. The summed E-state index contributed by atoms with van der Waals surface area (Å²) in [6.45, 7) is 1.64. The number of rotatable bonds is 5. The van der Waals surface area contributed by atoms with Crippen molar-refractivity contribution in [2.24, 2.45) is 0 Å². The molecule has 0 saturated carbocycles. The van der Waals surface area contributed by atoms with E-state index >= 15 is 0 Å². The Kier molecular flexibility index (Phi) is 4.77. The van der Waals surface area contributed by atoms with Gasteiger partial charge in [0.1, 0.15) is 0 Å². The summed E-state index contributed by atoms with van der Waals surface area (Å²) in [5.41, 5.74) is 1.94. The minimum Gasteiger partial charge on any atom is -0.463 e. The lowest BCUT2D eigenvalue weighted by molar-refractivity contribution is -0.122. The number of carbonyl (C=O) groups excluding carboxylic acids is 1. The summed E-state index contributed by atoms with van der Waals surface area (Å²) < 4.78 is 7.27. The Morgan fingerprint density at radius 1 is 1.20 bits per heavy atom. The molecule has 6 nitrogen and oxygen atoms in total. The topological polar surface area (TPSA) is 79.9 Å². The van der Waals surface area contributed by atoms with Crippen LogP contribution in [0.2, 0.25) is 0 Å². The van der Waals surface area contributed by atoms with E-state index < -0.39 is 6.10 Å². The zero-order valence-corrected chi connectivity index (χ0v) is 13.6. The molecule has 1 atom stereocenters. The third-order valence-electron chi connectivity index (χ3n) is 3.51. The Morgan fingerprint density at radius 2 is 2.00 bits per heavy atom. The van der Waals surface area contributed by atoms with Crippen LogP contribution in [-0.4, -0.2) is 21.8 Å². The van der Waals surface area contributed by atoms with Gasteiger partial charge in [-0.1, -0.05) is 24.3 Å². The average Bonchev–Trinajstić information content (AvgIpc) is 3.11. The van der Waals surface area contributed by atoms with E-state index in [0.29, 0.717) is 17.1 Å². The van der Waals surface area contributed by atoms with Crippen LogP contribution < -0.4 is 10.1 Å². The molecule has 0 bridgehead atoms. The van der Waals surface area contributed by atoms with Gasteiger partial charge in [-0.25, -0.2) is 4.68 Å². The summed E-state index contributed by atoms with van der Waals surface area (Å²) in [7, 11) is 0. The Bertz CT molecular complexity index is 912. The number of amides is 1. The van der Waals surface area contributed by atoms with Gasteiger partial charge >= 0.3 is 0 Å². The van der Waals surface area contributed by atoms with Gasteiger partial charge in [0, 0.05) is 18.0 Å². The van der Waals surface area contributed by atoms with Crippen molar-refractivity contribution < 1.29 is 9.53 Å². The van der Waals surface area contributed by atoms with Crippen molar-refractivity contribution in [3.05, 3.63) is 72.4 Å². The normalized spacial score (nSPS) is 11.4. The van der Waals surface area contributed by atoms with Crippen LogP contribution in [0.5, 0.6) is 5.88 Å². The summed E-state index contributed by atoms with van der Waals surface area (Å²) in [5, 5.41) is 15.9. The number of nitriles is 1. The van der Waals surface area contributed by atoms with Gasteiger partial charge in [0.25, 0.3) is 5.91 Å². The SMILES string of the molecule is C[C@H](Oc1ccn(-c2ccccc2)n1)C(=O)Nc1cccc(C#N)c1. The summed E-state index contributed by atoms with van der Waals surface area (Å²) in [5.74, 6) is 0.0432. The Labute approximate surface area is 145 Å². The number of nitrogens with zero attached hydrogens (tertiary/aromatic N) is 3. The predicted octanol–water partition coefficient (Wildman–Crippen LogP) is 3.15. The Balaban J connectivity index is 1.64. The van der Waals surface area contributed by atoms with Crippen LogP contribution in [0.25, 0.3) is 5.69 Å². The molecule has 0 spiro atoms. The molecule has 3 aromatic rings. The van der Waals surface area contributed by atoms with Crippen LogP contribution in [0, 0.1) is 11.3 Å². The summed E-state index contributed by atoms with van der Waals surface area (Å²) >= 11 is 0. The number of nitrogens with one attached hydrogen (secondary N) is 1. The fourth-order valence-electron chi connectivity index (χ4n) is 2.24. The first-order valence-electron chi connectivity index (χ1n) is 7.74. The van der Waals surface area contributed by atoms with E-state index in [4.69, 9.17) is 10.00 Å². The third-order valence-corrected chi connectivity index (χ3v) is 3.51. The molecule has 0 saturated heterocycles. The molecular formula is C19H16N4O2. The van der Waals surface area contributed by atoms with Crippen LogP contribution in [0.15, 0.2) is 66.9 Å². The average molecular weight is 332 g/mol. The van der Waals surface area contributed by atoms with Crippen molar-refractivity contribution in [2.45, 2.75) is 13.0 Å². The van der Waals surface area contributed by atoms with E-state index in [1.54, 1.807) is 48.1 Å². The van der Waals surface area contributed by atoms with E-state index in [2.05, 4.69) is 10.4 Å². The molecule has 124 valence electrons. The fraction of sp³-hybridized carbons (Fsp3) is 0.105. The largest absolute Gasteiger partial charge is 0.463 e. The zero-order valence-electron chi connectivity index (χ0n) is 13.6. The maximum Gasteiger partial charge on any atom is 0.265 e. The highest BCUT2D eigenvalue weighted by molar-refractivity contribution is 5.94. The Hall–Kier alpha value is -3.59. The van der Waals surface area contributed by atoms with Gasteiger partial charge in [0.05, 0.1) is 17.3 Å². The van der Waals surface area contributed by atoms with Crippen molar-refractivity contribution in [1.82, 2.24) is 9.78 Å². The lowest BCUT2D eigenvalue weighted by atomic mass is 10.2. The highest BCUT2D eigenvalue weighted by Crippen LogP contribution is 2.15. The Morgan fingerprint density at radius 3 is 2.76 bits per heavy atom. The number of aromatic nitrogens is 2. The fourth-order valence-corrected chi connectivity index (χ4v) is 2.24. The number of benzene rings is 2. The number of ether oxygens (including phenoxy) is 1. The van der Waals surface area contributed by atoms with Crippen LogP contribution in [-0.2, 0) is 4.79 Å². The highest BCUT2D eigenvalue weighted by Gasteiger charge is 2.16. The van der Waals surface area contributed by atoms with E-state index in [9.17, 15) is 4.79 Å². The van der Waals surface area contributed by atoms with Crippen molar-refractivity contribution in [2.75, 3.05) is 5.32 Å².